The lowest BCUT2D eigenvalue weighted by atomic mass is 10.4. The van der Waals surface area contributed by atoms with E-state index in [0.29, 0.717) is 18.1 Å². The van der Waals surface area contributed by atoms with E-state index in [4.69, 9.17) is 0 Å². The first-order valence-corrected chi connectivity index (χ1v) is 5.87. The number of halogens is 3. The van der Waals surface area contributed by atoms with Crippen LogP contribution in [0, 0.1) is 0 Å². The SMILES string of the molecule is CCCNc1cc(NCC(F)(F)F)nc(CC)n1. The lowest BCUT2D eigenvalue weighted by molar-refractivity contribution is -0.115. The lowest BCUT2D eigenvalue weighted by Gasteiger charge is -2.11. The molecule has 0 atom stereocenters. The number of nitrogens with zero attached hydrogens (tertiary/aromatic N) is 2. The molecule has 18 heavy (non-hydrogen) atoms. The number of nitrogens with one attached hydrogen (secondary N) is 2. The molecule has 0 aromatic carbocycles. The number of aromatic nitrogens is 2. The van der Waals surface area contributed by atoms with Gasteiger partial charge < -0.3 is 10.6 Å². The summed E-state index contributed by atoms with van der Waals surface area (Å²) < 4.78 is 36.3. The zero-order valence-electron chi connectivity index (χ0n) is 10.4. The molecule has 1 aromatic heterocycles. The molecule has 0 aliphatic heterocycles. The van der Waals surface area contributed by atoms with E-state index in [9.17, 15) is 13.2 Å². The summed E-state index contributed by atoms with van der Waals surface area (Å²) in [6, 6.07) is 1.49. The highest BCUT2D eigenvalue weighted by molar-refractivity contribution is 5.47. The predicted molar refractivity (Wildman–Crippen MR) is 64.7 cm³/mol. The third-order valence-electron chi connectivity index (χ3n) is 2.11. The highest BCUT2D eigenvalue weighted by atomic mass is 19.4. The molecule has 0 unspecified atom stereocenters. The van der Waals surface area contributed by atoms with Crippen molar-refractivity contribution in [3.8, 4) is 0 Å². The third-order valence-corrected chi connectivity index (χ3v) is 2.11. The Morgan fingerprint density at radius 1 is 1.11 bits per heavy atom. The Labute approximate surface area is 104 Å². The Kier molecular flexibility index (Phi) is 5.18. The fourth-order valence-corrected chi connectivity index (χ4v) is 1.28. The van der Waals surface area contributed by atoms with Crippen LogP contribution < -0.4 is 10.6 Å². The van der Waals surface area contributed by atoms with E-state index < -0.39 is 12.7 Å². The Hall–Kier alpha value is -1.53. The Balaban J connectivity index is 2.76. The Morgan fingerprint density at radius 2 is 1.72 bits per heavy atom. The summed E-state index contributed by atoms with van der Waals surface area (Å²) in [4.78, 5) is 8.19. The molecule has 0 spiro atoms. The topological polar surface area (TPSA) is 49.8 Å². The molecule has 2 N–H and O–H groups in total. The van der Waals surface area contributed by atoms with Crippen molar-refractivity contribution in [1.82, 2.24) is 9.97 Å². The maximum absolute atomic E-state index is 12.1. The lowest BCUT2D eigenvalue weighted by Crippen LogP contribution is -2.22. The molecule has 0 saturated carbocycles. The van der Waals surface area contributed by atoms with Gasteiger partial charge in [-0.15, -0.1) is 0 Å². The second-order valence-electron chi connectivity index (χ2n) is 3.80. The number of hydrogen-bond acceptors (Lipinski definition) is 4. The van der Waals surface area contributed by atoms with Crippen LogP contribution in [0.25, 0.3) is 0 Å². The first-order chi connectivity index (χ1) is 8.44. The zero-order chi connectivity index (χ0) is 13.6. The van der Waals surface area contributed by atoms with Gasteiger partial charge in [-0.2, -0.15) is 13.2 Å². The second kappa shape index (κ2) is 6.42. The van der Waals surface area contributed by atoms with Crippen molar-refractivity contribution in [2.24, 2.45) is 0 Å². The summed E-state index contributed by atoms with van der Waals surface area (Å²) >= 11 is 0. The van der Waals surface area contributed by atoms with Gasteiger partial charge >= 0.3 is 6.18 Å². The summed E-state index contributed by atoms with van der Waals surface area (Å²) in [5, 5.41) is 5.29. The summed E-state index contributed by atoms with van der Waals surface area (Å²) in [6.45, 7) is 3.48. The molecular weight excluding hydrogens is 245 g/mol. The number of alkyl halides is 3. The molecule has 0 radical (unpaired) electrons. The highest BCUT2D eigenvalue weighted by Gasteiger charge is 2.26. The Morgan fingerprint density at radius 3 is 2.22 bits per heavy atom. The van der Waals surface area contributed by atoms with E-state index in [1.165, 1.54) is 6.07 Å². The van der Waals surface area contributed by atoms with Gasteiger partial charge in [-0.05, 0) is 6.42 Å². The standard InChI is InChI=1S/C11H17F3N4/c1-3-5-15-9-6-10(16-7-11(12,13)14)18-8(4-2)17-9/h6H,3-5,7H2,1-2H3,(H2,15,16,17,18). The molecule has 0 fully saturated rings. The van der Waals surface area contributed by atoms with E-state index in [1.807, 2.05) is 13.8 Å². The van der Waals surface area contributed by atoms with Gasteiger partial charge in [0.1, 0.15) is 24.0 Å². The maximum atomic E-state index is 12.1. The molecule has 7 heteroatoms. The maximum Gasteiger partial charge on any atom is 0.405 e. The fourth-order valence-electron chi connectivity index (χ4n) is 1.28. The zero-order valence-corrected chi connectivity index (χ0v) is 10.4. The van der Waals surface area contributed by atoms with Crippen LogP contribution in [0.1, 0.15) is 26.1 Å². The average molecular weight is 262 g/mol. The number of aryl methyl sites for hydroxylation is 1. The van der Waals surface area contributed by atoms with Crippen molar-refractivity contribution < 1.29 is 13.2 Å². The van der Waals surface area contributed by atoms with Crippen LogP contribution in [0.5, 0.6) is 0 Å². The molecule has 1 rings (SSSR count). The van der Waals surface area contributed by atoms with Crippen LogP contribution >= 0.6 is 0 Å². The van der Waals surface area contributed by atoms with Gasteiger partial charge in [-0.25, -0.2) is 9.97 Å². The second-order valence-corrected chi connectivity index (χ2v) is 3.80. The van der Waals surface area contributed by atoms with Crippen LogP contribution in [-0.2, 0) is 6.42 Å². The normalized spacial score (nSPS) is 11.4. The van der Waals surface area contributed by atoms with Gasteiger partial charge in [0.25, 0.3) is 0 Å². The van der Waals surface area contributed by atoms with E-state index in [1.54, 1.807) is 0 Å². The molecule has 1 heterocycles. The molecule has 0 aliphatic carbocycles. The Bertz CT molecular complexity index is 379. The van der Waals surface area contributed by atoms with Crippen molar-refractivity contribution in [2.45, 2.75) is 32.9 Å². The van der Waals surface area contributed by atoms with Gasteiger partial charge in [0.15, 0.2) is 0 Å². The van der Waals surface area contributed by atoms with Crippen LogP contribution in [0.15, 0.2) is 6.07 Å². The molecule has 1 aromatic rings. The smallest absolute Gasteiger partial charge is 0.370 e. The number of hydrogen-bond donors (Lipinski definition) is 2. The van der Waals surface area contributed by atoms with Gasteiger partial charge in [-0.1, -0.05) is 13.8 Å². The minimum Gasteiger partial charge on any atom is -0.370 e. The van der Waals surface area contributed by atoms with Gasteiger partial charge in [0.05, 0.1) is 0 Å². The molecule has 0 saturated heterocycles. The summed E-state index contributed by atoms with van der Waals surface area (Å²) in [5.41, 5.74) is 0. The van der Waals surface area contributed by atoms with E-state index >= 15 is 0 Å². The quantitative estimate of drug-likeness (QED) is 0.827. The molecule has 102 valence electrons. The van der Waals surface area contributed by atoms with Crippen LogP contribution in [0.3, 0.4) is 0 Å². The molecule has 0 aliphatic rings. The van der Waals surface area contributed by atoms with E-state index in [0.717, 1.165) is 13.0 Å². The number of rotatable bonds is 6. The number of anilines is 2. The molecule has 0 bridgehead atoms. The minimum atomic E-state index is -4.26. The first-order valence-electron chi connectivity index (χ1n) is 5.87. The fraction of sp³-hybridized carbons (Fsp3) is 0.636. The van der Waals surface area contributed by atoms with Crippen LogP contribution in [0.4, 0.5) is 24.8 Å². The van der Waals surface area contributed by atoms with Crippen LogP contribution in [-0.4, -0.2) is 29.2 Å². The molecule has 0 amide bonds. The summed E-state index contributed by atoms with van der Waals surface area (Å²) in [7, 11) is 0. The largest absolute Gasteiger partial charge is 0.405 e. The van der Waals surface area contributed by atoms with E-state index in [-0.39, 0.29) is 5.82 Å². The molecule has 4 nitrogen and oxygen atoms in total. The van der Waals surface area contributed by atoms with Crippen molar-refractivity contribution in [3.05, 3.63) is 11.9 Å². The highest BCUT2D eigenvalue weighted by Crippen LogP contribution is 2.17. The first kappa shape index (κ1) is 14.5. The third kappa shape index (κ3) is 5.20. The van der Waals surface area contributed by atoms with Gasteiger partial charge in [-0.3, -0.25) is 0 Å². The summed E-state index contributed by atoms with van der Waals surface area (Å²) in [5.74, 6) is 1.26. The van der Waals surface area contributed by atoms with Gasteiger partial charge in [0, 0.05) is 19.0 Å². The van der Waals surface area contributed by atoms with Crippen molar-refractivity contribution in [3.63, 3.8) is 0 Å². The van der Waals surface area contributed by atoms with Crippen molar-refractivity contribution in [2.75, 3.05) is 23.7 Å². The summed E-state index contributed by atoms with van der Waals surface area (Å²) in [6.07, 6.45) is -2.77. The van der Waals surface area contributed by atoms with Crippen molar-refractivity contribution in [1.29, 1.82) is 0 Å². The minimum absolute atomic E-state index is 0.192. The average Bonchev–Trinajstić information content (AvgIpc) is 2.32. The molecular formula is C11H17F3N4. The van der Waals surface area contributed by atoms with Crippen molar-refractivity contribution >= 4 is 11.6 Å². The monoisotopic (exact) mass is 262 g/mol. The van der Waals surface area contributed by atoms with Crippen LogP contribution in [0.2, 0.25) is 0 Å². The van der Waals surface area contributed by atoms with E-state index in [2.05, 4.69) is 20.6 Å². The van der Waals surface area contributed by atoms with Gasteiger partial charge in [0.2, 0.25) is 0 Å². The predicted octanol–water partition coefficient (Wildman–Crippen LogP) is 2.84.